The van der Waals surface area contributed by atoms with Gasteiger partial charge in [0.25, 0.3) is 0 Å². The fourth-order valence-electron chi connectivity index (χ4n) is 9.84. The van der Waals surface area contributed by atoms with Gasteiger partial charge in [0.1, 0.15) is 0 Å². The van der Waals surface area contributed by atoms with E-state index in [1.165, 1.54) is 16.6 Å². The highest BCUT2D eigenvalue weighted by Gasteiger charge is 2.24. The van der Waals surface area contributed by atoms with Gasteiger partial charge in [-0.15, -0.1) is 0 Å². The van der Waals surface area contributed by atoms with E-state index in [0.29, 0.717) is 23.4 Å². The maximum absolute atomic E-state index is 5.33. The Balaban J connectivity index is 1.01. The van der Waals surface area contributed by atoms with Crippen molar-refractivity contribution >= 4 is 38.8 Å². The van der Waals surface area contributed by atoms with E-state index >= 15 is 0 Å². The number of nitrogens with zero attached hydrogens (tertiary/aromatic N) is 7. The van der Waals surface area contributed by atoms with Crippen molar-refractivity contribution < 1.29 is 0 Å². The molecule has 0 radical (unpaired) electrons. The third-order valence-electron chi connectivity index (χ3n) is 13.1. The molecule has 68 heavy (non-hydrogen) atoms. The Morgan fingerprint density at radius 3 is 1.62 bits per heavy atom. The summed E-state index contributed by atoms with van der Waals surface area (Å²) in [7, 11) is 0. The van der Waals surface area contributed by atoms with Crippen LogP contribution in [0.15, 0.2) is 218 Å². The number of aromatic nitrogens is 7. The zero-order valence-electron chi connectivity index (χ0n) is 36.9. The average molecular weight is 872 g/mol. The predicted molar refractivity (Wildman–Crippen MR) is 277 cm³/mol. The Hall–Kier alpha value is -9.07. The highest BCUT2D eigenvalue weighted by molar-refractivity contribution is 6.14. The highest BCUT2D eigenvalue weighted by atomic mass is 15.2. The van der Waals surface area contributed by atoms with Crippen LogP contribution in [0.3, 0.4) is 0 Å². The highest BCUT2D eigenvalue weighted by Crippen LogP contribution is 2.41. The van der Waals surface area contributed by atoms with Gasteiger partial charge < -0.3 is 4.57 Å². The van der Waals surface area contributed by atoms with Crippen LogP contribution >= 0.6 is 0 Å². The first-order chi connectivity index (χ1) is 33.7. The number of rotatable bonds is 8. The molecule has 7 heteroatoms. The smallest absolute Gasteiger partial charge is 0.238 e. The second-order valence-electron chi connectivity index (χ2n) is 17.2. The first-order valence-electron chi connectivity index (χ1n) is 23.1. The first kappa shape index (κ1) is 39.3. The molecule has 0 N–H and O–H groups in total. The fraction of sp³-hybridized carbons (Fsp3) is 0.0328. The van der Waals surface area contributed by atoms with Crippen LogP contribution in [-0.2, 0) is 6.42 Å². The molecule has 8 aromatic carbocycles. The van der Waals surface area contributed by atoms with Gasteiger partial charge in [-0.2, -0.15) is 9.97 Å². The normalized spacial score (nSPS) is 12.2. The molecule has 4 aromatic heterocycles. The van der Waals surface area contributed by atoms with Crippen LogP contribution in [0.5, 0.6) is 0 Å². The number of hydrogen-bond donors (Lipinski definition) is 0. The van der Waals surface area contributed by atoms with E-state index in [1.807, 2.05) is 48.5 Å². The minimum atomic E-state index is 0.569. The molecular weight excluding hydrogens is 831 g/mol. The van der Waals surface area contributed by atoms with Gasteiger partial charge in [-0.3, -0.25) is 4.57 Å². The zero-order chi connectivity index (χ0) is 45.0. The molecule has 0 amide bonds. The van der Waals surface area contributed by atoms with E-state index in [9.17, 15) is 0 Å². The molecule has 0 bridgehead atoms. The summed E-state index contributed by atoms with van der Waals surface area (Å²) < 4.78 is 4.66. The number of aryl methyl sites for hydroxylation is 1. The topological polar surface area (TPSA) is 74.3 Å². The summed E-state index contributed by atoms with van der Waals surface area (Å²) in [6.45, 7) is 0. The predicted octanol–water partition coefficient (Wildman–Crippen LogP) is 14.7. The molecule has 7 nitrogen and oxygen atoms in total. The van der Waals surface area contributed by atoms with E-state index in [0.717, 1.165) is 96.2 Å². The molecule has 0 unspecified atom stereocenters. The number of allylic oxidation sites excluding steroid dienone is 1. The second-order valence-corrected chi connectivity index (χ2v) is 17.2. The standard InChI is InChI=1S/C61H41N7/c1-5-19-40(20-6-1)44-27-17-29-46(35-44)60-64-59(43-25-11-4-12-26-43)65-61(66-60)68-55-34-16-14-32-49(55)51-37-56-50(38-57(51)68)48-31-13-15-33-54(48)67(56)47-30-18-28-45(36-47)53-39-52(41-21-7-2-8-22-41)62-58(63-53)42-23-9-3-10-24-42/h1-12,14-30,32-39H,13,31H2. The van der Waals surface area contributed by atoms with Crippen LogP contribution in [0.1, 0.15) is 17.7 Å². The van der Waals surface area contributed by atoms with Crippen LogP contribution in [-0.4, -0.2) is 34.1 Å². The molecule has 1 aliphatic rings. The Bertz CT molecular complexity index is 3830. The third-order valence-corrected chi connectivity index (χ3v) is 13.1. The average Bonchev–Trinajstić information content (AvgIpc) is 3.93. The van der Waals surface area contributed by atoms with Gasteiger partial charge in [0, 0.05) is 55.4 Å². The quantitative estimate of drug-likeness (QED) is 0.152. The second kappa shape index (κ2) is 16.4. The largest absolute Gasteiger partial charge is 0.310 e. The summed E-state index contributed by atoms with van der Waals surface area (Å²) in [5.41, 5.74) is 15.7. The van der Waals surface area contributed by atoms with Crippen molar-refractivity contribution in [1.82, 2.24) is 34.1 Å². The summed E-state index contributed by atoms with van der Waals surface area (Å²) >= 11 is 0. The fourth-order valence-corrected chi connectivity index (χ4v) is 9.84. The number of benzene rings is 8. The lowest BCUT2D eigenvalue weighted by Gasteiger charge is -2.14. The van der Waals surface area contributed by atoms with Crippen molar-refractivity contribution in [2.45, 2.75) is 12.8 Å². The molecule has 0 saturated heterocycles. The first-order valence-corrected chi connectivity index (χ1v) is 23.1. The van der Waals surface area contributed by atoms with Crippen LogP contribution in [0, 0.1) is 0 Å². The number of para-hydroxylation sites is 1. The number of hydrogen-bond acceptors (Lipinski definition) is 5. The van der Waals surface area contributed by atoms with E-state index in [-0.39, 0.29) is 0 Å². The lowest BCUT2D eigenvalue weighted by atomic mass is 10.00. The van der Waals surface area contributed by atoms with Gasteiger partial charge in [0.2, 0.25) is 5.95 Å². The van der Waals surface area contributed by atoms with Gasteiger partial charge in [0.05, 0.1) is 27.9 Å². The van der Waals surface area contributed by atoms with Crippen molar-refractivity contribution in [3.8, 4) is 79.4 Å². The van der Waals surface area contributed by atoms with Crippen LogP contribution in [0.2, 0.25) is 0 Å². The molecule has 0 spiro atoms. The van der Waals surface area contributed by atoms with Crippen molar-refractivity contribution in [2.24, 2.45) is 0 Å². The summed E-state index contributed by atoms with van der Waals surface area (Å²) in [6.07, 6.45) is 6.49. The monoisotopic (exact) mass is 871 g/mol. The molecule has 0 aliphatic heterocycles. The maximum atomic E-state index is 5.33. The molecular formula is C61H41N7. The van der Waals surface area contributed by atoms with Crippen molar-refractivity contribution in [2.75, 3.05) is 0 Å². The molecule has 4 heterocycles. The van der Waals surface area contributed by atoms with Gasteiger partial charge in [-0.1, -0.05) is 176 Å². The molecule has 13 rings (SSSR count). The lowest BCUT2D eigenvalue weighted by molar-refractivity contribution is 0.953. The van der Waals surface area contributed by atoms with Gasteiger partial charge in [-0.25, -0.2) is 15.0 Å². The van der Waals surface area contributed by atoms with Crippen molar-refractivity contribution in [1.29, 1.82) is 0 Å². The summed E-state index contributed by atoms with van der Waals surface area (Å²) in [5, 5.41) is 3.45. The Kier molecular flexibility index (Phi) is 9.49. The molecule has 12 aromatic rings. The van der Waals surface area contributed by atoms with Crippen LogP contribution in [0.25, 0.3) is 118 Å². The molecule has 1 aliphatic carbocycles. The van der Waals surface area contributed by atoms with E-state index in [2.05, 4.69) is 185 Å². The number of fused-ring (bicyclic) bond motifs is 6. The molecule has 0 saturated carbocycles. The van der Waals surface area contributed by atoms with Gasteiger partial charge in [0.15, 0.2) is 17.5 Å². The minimum Gasteiger partial charge on any atom is -0.310 e. The SMILES string of the molecule is C1=Cc2c(c3cc4c(cc3n2-c2cccc(-c3cc(-c5ccccc5)nc(-c5ccccc5)n3)c2)c2ccccc2n4-c2nc(-c3ccccc3)nc(-c3cccc(-c4ccccc4)c3)n2)CC1. The Morgan fingerprint density at radius 1 is 0.338 bits per heavy atom. The summed E-state index contributed by atoms with van der Waals surface area (Å²) in [5.74, 6) is 2.49. The maximum Gasteiger partial charge on any atom is 0.238 e. The molecule has 0 atom stereocenters. The Labute approximate surface area is 393 Å². The summed E-state index contributed by atoms with van der Waals surface area (Å²) in [4.78, 5) is 26.0. The Morgan fingerprint density at radius 2 is 0.882 bits per heavy atom. The zero-order valence-corrected chi connectivity index (χ0v) is 36.9. The lowest BCUT2D eigenvalue weighted by Crippen LogP contribution is -2.06. The van der Waals surface area contributed by atoms with E-state index < -0.39 is 0 Å². The van der Waals surface area contributed by atoms with Crippen molar-refractivity contribution in [3.05, 3.63) is 230 Å². The minimum absolute atomic E-state index is 0.569. The summed E-state index contributed by atoms with van der Waals surface area (Å²) in [6, 6.07) is 73.9. The third kappa shape index (κ3) is 6.88. The molecule has 0 fully saturated rings. The molecule has 320 valence electrons. The van der Waals surface area contributed by atoms with Crippen molar-refractivity contribution in [3.63, 3.8) is 0 Å². The van der Waals surface area contributed by atoms with Crippen LogP contribution in [0.4, 0.5) is 0 Å². The van der Waals surface area contributed by atoms with Crippen LogP contribution < -0.4 is 0 Å². The van der Waals surface area contributed by atoms with E-state index in [1.54, 1.807) is 0 Å². The van der Waals surface area contributed by atoms with Gasteiger partial charge >= 0.3 is 0 Å². The van der Waals surface area contributed by atoms with Gasteiger partial charge in [-0.05, 0) is 78.1 Å². The van der Waals surface area contributed by atoms with E-state index in [4.69, 9.17) is 24.9 Å².